The normalized spacial score (nSPS) is 17.0. The van der Waals surface area contributed by atoms with Crippen molar-refractivity contribution in [2.75, 3.05) is 33.4 Å². The van der Waals surface area contributed by atoms with Crippen molar-refractivity contribution in [1.82, 2.24) is 5.32 Å². The first kappa shape index (κ1) is 12.4. The highest BCUT2D eigenvalue weighted by molar-refractivity contribution is 5.29. The molecule has 0 amide bonds. The Labute approximate surface area is 103 Å². The van der Waals surface area contributed by atoms with Gasteiger partial charge in [-0.1, -0.05) is 12.1 Å². The van der Waals surface area contributed by atoms with E-state index in [0.29, 0.717) is 19.1 Å². The molecule has 1 aromatic rings. The molecule has 94 valence electrons. The lowest BCUT2D eigenvalue weighted by molar-refractivity contribution is 0.146. The summed E-state index contributed by atoms with van der Waals surface area (Å²) >= 11 is 0. The molecule has 0 unspecified atom stereocenters. The molecule has 1 aliphatic rings. The second-order valence-corrected chi connectivity index (χ2v) is 4.43. The zero-order valence-electron chi connectivity index (χ0n) is 10.4. The Balaban J connectivity index is 1.88. The van der Waals surface area contributed by atoms with Crippen LogP contribution in [-0.4, -0.2) is 33.4 Å². The van der Waals surface area contributed by atoms with Crippen molar-refractivity contribution in [3.8, 4) is 5.75 Å². The summed E-state index contributed by atoms with van der Waals surface area (Å²) in [5.41, 5.74) is 1.44. The van der Waals surface area contributed by atoms with Gasteiger partial charge in [0.2, 0.25) is 0 Å². The summed E-state index contributed by atoms with van der Waals surface area (Å²) in [4.78, 5) is 0. The van der Waals surface area contributed by atoms with Crippen molar-refractivity contribution < 1.29 is 9.47 Å². The molecule has 0 saturated carbocycles. The number of ether oxygens (including phenoxy) is 2. The van der Waals surface area contributed by atoms with Gasteiger partial charge in [0, 0.05) is 7.11 Å². The quantitative estimate of drug-likeness (QED) is 0.793. The van der Waals surface area contributed by atoms with E-state index in [1.807, 2.05) is 0 Å². The fourth-order valence-electron chi connectivity index (χ4n) is 2.23. The number of nitrogens with one attached hydrogen (secondary N) is 1. The molecule has 0 bridgehead atoms. The average Bonchev–Trinajstić information content (AvgIpc) is 2.41. The van der Waals surface area contributed by atoms with Crippen LogP contribution < -0.4 is 10.1 Å². The van der Waals surface area contributed by atoms with E-state index < -0.39 is 0 Å². The van der Waals surface area contributed by atoms with Gasteiger partial charge in [-0.25, -0.2) is 0 Å². The highest BCUT2D eigenvalue weighted by Crippen LogP contribution is 2.26. The van der Waals surface area contributed by atoms with Crippen molar-refractivity contribution in [2.45, 2.75) is 18.8 Å². The van der Waals surface area contributed by atoms with Crippen LogP contribution in [0.15, 0.2) is 24.3 Å². The number of hydrogen-bond acceptors (Lipinski definition) is 3. The van der Waals surface area contributed by atoms with Crippen LogP contribution in [0, 0.1) is 0 Å². The molecule has 1 heterocycles. The van der Waals surface area contributed by atoms with E-state index in [-0.39, 0.29) is 0 Å². The Morgan fingerprint density at radius 1 is 1.12 bits per heavy atom. The second-order valence-electron chi connectivity index (χ2n) is 4.43. The van der Waals surface area contributed by atoms with Crippen LogP contribution in [0.3, 0.4) is 0 Å². The lowest BCUT2D eigenvalue weighted by Gasteiger charge is -2.23. The molecule has 0 spiro atoms. The van der Waals surface area contributed by atoms with E-state index in [4.69, 9.17) is 9.47 Å². The van der Waals surface area contributed by atoms with E-state index in [0.717, 1.165) is 18.8 Å². The maximum Gasteiger partial charge on any atom is 0.119 e. The first-order valence-corrected chi connectivity index (χ1v) is 6.32. The standard InChI is InChI=1S/C14H21NO2/c1-16-10-11-17-14-4-2-12(3-5-14)13-6-8-15-9-7-13/h2-5,13,15H,6-11H2,1H3. The van der Waals surface area contributed by atoms with Gasteiger partial charge in [0.25, 0.3) is 0 Å². The Morgan fingerprint density at radius 3 is 2.47 bits per heavy atom. The highest BCUT2D eigenvalue weighted by Gasteiger charge is 2.14. The predicted molar refractivity (Wildman–Crippen MR) is 68.7 cm³/mol. The van der Waals surface area contributed by atoms with Crippen LogP contribution >= 0.6 is 0 Å². The number of methoxy groups -OCH3 is 1. The van der Waals surface area contributed by atoms with Crippen molar-refractivity contribution in [3.05, 3.63) is 29.8 Å². The highest BCUT2D eigenvalue weighted by atomic mass is 16.5. The fraction of sp³-hybridized carbons (Fsp3) is 0.571. The number of rotatable bonds is 5. The van der Waals surface area contributed by atoms with Crippen LogP contribution in [0.4, 0.5) is 0 Å². The molecule has 1 saturated heterocycles. The Hall–Kier alpha value is -1.06. The van der Waals surface area contributed by atoms with Crippen LogP contribution in [0.1, 0.15) is 24.3 Å². The molecule has 1 aliphatic heterocycles. The molecule has 1 fully saturated rings. The molecule has 3 heteroatoms. The molecule has 0 radical (unpaired) electrons. The molecule has 1 N–H and O–H groups in total. The third-order valence-electron chi connectivity index (χ3n) is 3.25. The largest absolute Gasteiger partial charge is 0.491 e. The third-order valence-corrected chi connectivity index (χ3v) is 3.25. The third kappa shape index (κ3) is 3.72. The summed E-state index contributed by atoms with van der Waals surface area (Å²) in [6, 6.07) is 8.51. The van der Waals surface area contributed by atoms with E-state index in [2.05, 4.69) is 29.6 Å². The van der Waals surface area contributed by atoms with Gasteiger partial charge in [-0.3, -0.25) is 0 Å². The van der Waals surface area contributed by atoms with Gasteiger partial charge in [0.1, 0.15) is 12.4 Å². The Bertz CT molecular complexity index is 317. The summed E-state index contributed by atoms with van der Waals surface area (Å²) in [5, 5.41) is 3.39. The van der Waals surface area contributed by atoms with Gasteiger partial charge < -0.3 is 14.8 Å². The molecule has 2 rings (SSSR count). The van der Waals surface area contributed by atoms with Crippen LogP contribution in [-0.2, 0) is 4.74 Å². The molecular formula is C14H21NO2. The minimum atomic E-state index is 0.614. The summed E-state index contributed by atoms with van der Waals surface area (Å²) < 4.78 is 10.5. The maximum absolute atomic E-state index is 5.55. The molecule has 0 aromatic heterocycles. The average molecular weight is 235 g/mol. The van der Waals surface area contributed by atoms with Gasteiger partial charge >= 0.3 is 0 Å². The molecule has 17 heavy (non-hydrogen) atoms. The van der Waals surface area contributed by atoms with Crippen LogP contribution in [0.25, 0.3) is 0 Å². The van der Waals surface area contributed by atoms with Gasteiger partial charge in [0.15, 0.2) is 0 Å². The minimum absolute atomic E-state index is 0.614. The lowest BCUT2D eigenvalue weighted by atomic mass is 9.90. The van der Waals surface area contributed by atoms with Crippen molar-refractivity contribution in [3.63, 3.8) is 0 Å². The van der Waals surface area contributed by atoms with Gasteiger partial charge in [-0.2, -0.15) is 0 Å². The van der Waals surface area contributed by atoms with E-state index >= 15 is 0 Å². The fourth-order valence-corrected chi connectivity index (χ4v) is 2.23. The summed E-state index contributed by atoms with van der Waals surface area (Å²) in [6.45, 7) is 3.52. The topological polar surface area (TPSA) is 30.5 Å². The number of piperidine rings is 1. The molecule has 3 nitrogen and oxygen atoms in total. The summed E-state index contributed by atoms with van der Waals surface area (Å²) in [5.74, 6) is 1.64. The minimum Gasteiger partial charge on any atom is -0.491 e. The molecule has 0 aliphatic carbocycles. The Morgan fingerprint density at radius 2 is 1.82 bits per heavy atom. The monoisotopic (exact) mass is 235 g/mol. The van der Waals surface area contributed by atoms with Crippen LogP contribution in [0.2, 0.25) is 0 Å². The van der Waals surface area contributed by atoms with Crippen molar-refractivity contribution in [1.29, 1.82) is 0 Å². The van der Waals surface area contributed by atoms with Crippen LogP contribution in [0.5, 0.6) is 5.75 Å². The van der Waals surface area contributed by atoms with E-state index in [9.17, 15) is 0 Å². The van der Waals surface area contributed by atoms with Gasteiger partial charge in [-0.05, 0) is 49.5 Å². The molecule has 1 aromatic carbocycles. The van der Waals surface area contributed by atoms with E-state index in [1.165, 1.54) is 18.4 Å². The number of benzene rings is 1. The smallest absolute Gasteiger partial charge is 0.119 e. The Kier molecular flexibility index (Phi) is 4.83. The molecule has 0 atom stereocenters. The zero-order chi connectivity index (χ0) is 11.9. The summed E-state index contributed by atoms with van der Waals surface area (Å²) in [7, 11) is 1.68. The van der Waals surface area contributed by atoms with Crippen molar-refractivity contribution >= 4 is 0 Å². The van der Waals surface area contributed by atoms with Crippen molar-refractivity contribution in [2.24, 2.45) is 0 Å². The lowest BCUT2D eigenvalue weighted by Crippen LogP contribution is -2.26. The molecular weight excluding hydrogens is 214 g/mol. The van der Waals surface area contributed by atoms with Gasteiger partial charge in [-0.15, -0.1) is 0 Å². The SMILES string of the molecule is COCCOc1ccc(C2CCNCC2)cc1. The first-order chi connectivity index (χ1) is 8.40. The predicted octanol–water partition coefficient (Wildman–Crippen LogP) is 2.18. The maximum atomic E-state index is 5.55. The zero-order valence-corrected chi connectivity index (χ0v) is 10.4. The summed E-state index contributed by atoms with van der Waals surface area (Å²) in [6.07, 6.45) is 2.48. The first-order valence-electron chi connectivity index (χ1n) is 6.32. The number of hydrogen-bond donors (Lipinski definition) is 1. The second kappa shape index (κ2) is 6.62. The van der Waals surface area contributed by atoms with Gasteiger partial charge in [0.05, 0.1) is 6.61 Å². The van der Waals surface area contributed by atoms with E-state index in [1.54, 1.807) is 7.11 Å².